The summed E-state index contributed by atoms with van der Waals surface area (Å²) in [4.78, 5) is 17.3. The summed E-state index contributed by atoms with van der Waals surface area (Å²) in [5.74, 6) is -0.0187. The molecule has 1 aliphatic rings. The number of aromatic nitrogens is 1. The molecule has 0 bridgehead atoms. The van der Waals surface area contributed by atoms with Gasteiger partial charge in [-0.25, -0.2) is 0 Å². The number of aliphatic hydroxyl groups excluding tert-OH is 1. The minimum Gasteiger partial charge on any atom is -0.394 e. The molecule has 0 radical (unpaired) electrons. The molecule has 1 saturated heterocycles. The Labute approximate surface area is 107 Å². The van der Waals surface area contributed by atoms with Crippen LogP contribution in [0.2, 0.25) is 0 Å². The lowest BCUT2D eigenvalue weighted by molar-refractivity contribution is -0.0668. The summed E-state index contributed by atoms with van der Waals surface area (Å²) >= 11 is 0. The summed E-state index contributed by atoms with van der Waals surface area (Å²) in [6.07, 6.45) is -0.276. The number of aliphatic hydroxyl groups is 1. The third kappa shape index (κ3) is 2.42. The van der Waals surface area contributed by atoms with E-state index in [4.69, 9.17) is 9.84 Å². The molecule has 5 nitrogen and oxygen atoms in total. The third-order valence-corrected chi connectivity index (χ3v) is 3.33. The monoisotopic (exact) mass is 252 g/mol. The molecular weight excluding hydrogens is 232 g/mol. The summed E-state index contributed by atoms with van der Waals surface area (Å²) in [6, 6.07) is 1.99. The Hall–Kier alpha value is -1.33. The van der Waals surface area contributed by atoms with Crippen LogP contribution in [0.5, 0.6) is 0 Å². The quantitative estimate of drug-likeness (QED) is 0.820. The van der Waals surface area contributed by atoms with Crippen LogP contribution in [-0.2, 0) is 4.74 Å². The van der Waals surface area contributed by atoms with Crippen molar-refractivity contribution >= 4 is 5.91 Å². The molecule has 0 aliphatic carbocycles. The van der Waals surface area contributed by atoms with Crippen LogP contribution in [0.4, 0.5) is 0 Å². The molecular formula is C13H20N2O3. The van der Waals surface area contributed by atoms with Crippen molar-refractivity contribution in [3.05, 3.63) is 23.0 Å². The van der Waals surface area contributed by atoms with E-state index in [1.807, 2.05) is 26.8 Å². The molecule has 2 rings (SSSR count). The number of nitrogens with one attached hydrogen (secondary N) is 1. The van der Waals surface area contributed by atoms with E-state index in [2.05, 4.69) is 4.98 Å². The Bertz CT molecular complexity index is 441. The minimum absolute atomic E-state index is 0.0187. The maximum atomic E-state index is 12.5. The first-order valence-corrected chi connectivity index (χ1v) is 6.22. The molecule has 1 aromatic heterocycles. The number of hydrogen-bond acceptors (Lipinski definition) is 3. The van der Waals surface area contributed by atoms with Crippen molar-refractivity contribution in [3.63, 3.8) is 0 Å². The van der Waals surface area contributed by atoms with Crippen molar-refractivity contribution in [2.45, 2.75) is 32.9 Å². The van der Waals surface area contributed by atoms with E-state index in [1.54, 1.807) is 4.90 Å². The second-order valence-electron chi connectivity index (χ2n) is 4.95. The first kappa shape index (κ1) is 13.1. The van der Waals surface area contributed by atoms with Crippen LogP contribution in [-0.4, -0.2) is 52.8 Å². The summed E-state index contributed by atoms with van der Waals surface area (Å²) in [6.45, 7) is 6.66. The molecule has 1 fully saturated rings. The first-order chi connectivity index (χ1) is 8.52. The largest absolute Gasteiger partial charge is 0.394 e. The first-order valence-electron chi connectivity index (χ1n) is 6.22. The molecule has 0 aromatic carbocycles. The van der Waals surface area contributed by atoms with Crippen molar-refractivity contribution in [2.75, 3.05) is 19.8 Å². The van der Waals surface area contributed by atoms with Gasteiger partial charge in [-0.05, 0) is 32.4 Å². The van der Waals surface area contributed by atoms with Gasteiger partial charge in [0.2, 0.25) is 0 Å². The topological polar surface area (TPSA) is 65.6 Å². The molecule has 2 N–H and O–H groups in total. The van der Waals surface area contributed by atoms with Gasteiger partial charge in [0.1, 0.15) is 5.69 Å². The molecule has 5 heteroatoms. The molecule has 100 valence electrons. The average Bonchev–Trinajstić information content (AvgIpc) is 2.68. The lowest BCUT2D eigenvalue weighted by Gasteiger charge is -2.37. The Morgan fingerprint density at radius 2 is 2.33 bits per heavy atom. The number of ether oxygens (including phenoxy) is 1. The van der Waals surface area contributed by atoms with Gasteiger partial charge in [-0.3, -0.25) is 4.79 Å². The fourth-order valence-corrected chi connectivity index (χ4v) is 2.31. The van der Waals surface area contributed by atoms with Gasteiger partial charge in [-0.15, -0.1) is 0 Å². The van der Waals surface area contributed by atoms with E-state index >= 15 is 0 Å². The SMILES string of the molecule is Cc1cc(C)c(C(=O)N2C[C@@H](CO)OC[C@@H]2C)[nH]1. The number of aryl methyl sites for hydroxylation is 2. The zero-order chi connectivity index (χ0) is 13.3. The molecule has 0 unspecified atom stereocenters. The van der Waals surface area contributed by atoms with Crippen molar-refractivity contribution in [1.29, 1.82) is 0 Å². The predicted octanol–water partition coefficient (Wildman–Crippen LogP) is 0.853. The maximum Gasteiger partial charge on any atom is 0.270 e. The second kappa shape index (κ2) is 5.12. The van der Waals surface area contributed by atoms with Gasteiger partial charge >= 0.3 is 0 Å². The van der Waals surface area contributed by atoms with Gasteiger partial charge < -0.3 is 19.7 Å². The molecule has 2 heterocycles. The normalized spacial score (nSPS) is 24.3. The number of rotatable bonds is 2. The predicted molar refractivity (Wildman–Crippen MR) is 67.6 cm³/mol. The standard InChI is InChI=1S/C13H20N2O3/c1-8-4-9(2)14-12(8)13(17)15-5-11(6-16)18-7-10(15)3/h4,10-11,14,16H,5-7H2,1-3H3/t10-,11-/m0/s1. The van der Waals surface area contributed by atoms with E-state index in [9.17, 15) is 4.79 Å². The molecule has 18 heavy (non-hydrogen) atoms. The molecule has 2 atom stereocenters. The zero-order valence-corrected chi connectivity index (χ0v) is 11.1. The van der Waals surface area contributed by atoms with Crippen LogP contribution >= 0.6 is 0 Å². The van der Waals surface area contributed by atoms with Crippen molar-refractivity contribution in [3.8, 4) is 0 Å². The van der Waals surface area contributed by atoms with E-state index in [0.29, 0.717) is 18.8 Å². The Morgan fingerprint density at radius 1 is 1.61 bits per heavy atom. The van der Waals surface area contributed by atoms with E-state index < -0.39 is 0 Å². The number of morpholine rings is 1. The highest BCUT2D eigenvalue weighted by Gasteiger charge is 2.31. The number of nitrogens with zero attached hydrogens (tertiary/aromatic N) is 1. The van der Waals surface area contributed by atoms with Gasteiger partial charge in [-0.1, -0.05) is 0 Å². The van der Waals surface area contributed by atoms with E-state index in [1.165, 1.54) is 0 Å². The van der Waals surface area contributed by atoms with E-state index in [-0.39, 0.29) is 24.7 Å². The molecule has 1 aromatic rings. The van der Waals surface area contributed by atoms with Crippen LogP contribution in [0.15, 0.2) is 6.07 Å². The summed E-state index contributed by atoms with van der Waals surface area (Å²) in [5, 5.41) is 9.14. The van der Waals surface area contributed by atoms with Crippen molar-refractivity contribution in [2.24, 2.45) is 0 Å². The van der Waals surface area contributed by atoms with Crippen LogP contribution < -0.4 is 0 Å². The van der Waals surface area contributed by atoms with Gasteiger partial charge in [-0.2, -0.15) is 0 Å². The van der Waals surface area contributed by atoms with Crippen LogP contribution in [0.3, 0.4) is 0 Å². The summed E-state index contributed by atoms with van der Waals surface area (Å²) in [7, 11) is 0. The molecule has 0 saturated carbocycles. The van der Waals surface area contributed by atoms with Crippen molar-refractivity contribution < 1.29 is 14.6 Å². The number of H-pyrrole nitrogens is 1. The minimum atomic E-state index is -0.276. The zero-order valence-electron chi connectivity index (χ0n) is 11.1. The smallest absolute Gasteiger partial charge is 0.270 e. The van der Waals surface area contributed by atoms with Gasteiger partial charge in [0.15, 0.2) is 0 Å². The molecule has 0 spiro atoms. The number of hydrogen-bond donors (Lipinski definition) is 2. The lowest BCUT2D eigenvalue weighted by Crippen LogP contribution is -2.52. The van der Waals surface area contributed by atoms with Gasteiger partial charge in [0.25, 0.3) is 5.91 Å². The van der Waals surface area contributed by atoms with Crippen LogP contribution in [0, 0.1) is 13.8 Å². The fraction of sp³-hybridized carbons (Fsp3) is 0.615. The Balaban J connectivity index is 2.19. The Kier molecular flexibility index (Phi) is 3.73. The Morgan fingerprint density at radius 3 is 2.89 bits per heavy atom. The number of carbonyl (C=O) groups excluding carboxylic acids is 1. The maximum absolute atomic E-state index is 12.5. The number of carbonyl (C=O) groups is 1. The summed E-state index contributed by atoms with van der Waals surface area (Å²) < 4.78 is 5.44. The third-order valence-electron chi connectivity index (χ3n) is 3.33. The number of aromatic amines is 1. The van der Waals surface area contributed by atoms with Gasteiger partial charge in [0.05, 0.1) is 25.4 Å². The number of amides is 1. The second-order valence-corrected chi connectivity index (χ2v) is 4.95. The average molecular weight is 252 g/mol. The van der Waals surface area contributed by atoms with Gasteiger partial charge in [0, 0.05) is 12.2 Å². The van der Waals surface area contributed by atoms with E-state index in [0.717, 1.165) is 11.3 Å². The van der Waals surface area contributed by atoms with Crippen LogP contribution in [0.1, 0.15) is 28.7 Å². The van der Waals surface area contributed by atoms with Crippen LogP contribution in [0.25, 0.3) is 0 Å². The molecule has 1 amide bonds. The highest BCUT2D eigenvalue weighted by molar-refractivity contribution is 5.94. The highest BCUT2D eigenvalue weighted by Crippen LogP contribution is 2.17. The summed E-state index contributed by atoms with van der Waals surface area (Å²) in [5.41, 5.74) is 2.57. The highest BCUT2D eigenvalue weighted by atomic mass is 16.5. The van der Waals surface area contributed by atoms with Crippen molar-refractivity contribution in [1.82, 2.24) is 9.88 Å². The molecule has 1 aliphatic heterocycles. The fourth-order valence-electron chi connectivity index (χ4n) is 2.31. The lowest BCUT2D eigenvalue weighted by atomic mass is 10.1.